The average molecular weight is 275 g/mol. The molecule has 0 fully saturated rings. The van der Waals surface area contributed by atoms with E-state index in [1.54, 1.807) is 31.4 Å². The van der Waals surface area contributed by atoms with Gasteiger partial charge in [-0.1, -0.05) is 12.1 Å². The van der Waals surface area contributed by atoms with Crippen LogP contribution in [0.15, 0.2) is 40.8 Å². The summed E-state index contributed by atoms with van der Waals surface area (Å²) in [5.41, 5.74) is 0.639. The number of carboxylic acid groups (broad SMARTS) is 1. The zero-order valence-electron chi connectivity index (χ0n) is 11.4. The third kappa shape index (κ3) is 3.39. The zero-order valence-corrected chi connectivity index (χ0v) is 11.4. The lowest BCUT2D eigenvalue weighted by Gasteiger charge is -2.14. The van der Waals surface area contributed by atoms with Crippen LogP contribution in [0, 0.1) is 6.92 Å². The van der Waals surface area contributed by atoms with E-state index in [1.807, 2.05) is 19.1 Å². The lowest BCUT2D eigenvalue weighted by Crippen LogP contribution is -2.27. The third-order valence-electron chi connectivity index (χ3n) is 2.95. The molecule has 1 unspecified atom stereocenters. The van der Waals surface area contributed by atoms with Crippen molar-refractivity contribution in [1.29, 1.82) is 0 Å². The molecule has 1 atom stereocenters. The topological polar surface area (TPSA) is 71.7 Å². The molecule has 2 aromatic rings. The van der Waals surface area contributed by atoms with Gasteiger partial charge in [0.1, 0.15) is 23.3 Å². The summed E-state index contributed by atoms with van der Waals surface area (Å²) >= 11 is 0. The van der Waals surface area contributed by atoms with Crippen molar-refractivity contribution in [3.05, 3.63) is 53.5 Å². The summed E-state index contributed by atoms with van der Waals surface area (Å²) < 4.78 is 10.5. The molecule has 0 amide bonds. The molecule has 20 heavy (non-hydrogen) atoms. The fraction of sp³-hybridized carbons (Fsp3) is 0.267. The van der Waals surface area contributed by atoms with Gasteiger partial charge in [-0.15, -0.1) is 0 Å². The van der Waals surface area contributed by atoms with E-state index in [1.165, 1.54) is 0 Å². The van der Waals surface area contributed by atoms with Gasteiger partial charge in [0.2, 0.25) is 0 Å². The van der Waals surface area contributed by atoms with Crippen LogP contribution < -0.4 is 10.1 Å². The molecule has 1 heterocycles. The number of carboxylic acids is 1. The van der Waals surface area contributed by atoms with E-state index < -0.39 is 12.0 Å². The standard InChI is InChI=1S/C15H17NO4/c1-10-6-7-13(20-10)9-16-14(15(17)18)11-4-3-5-12(8-11)19-2/h3-8,14,16H,9H2,1-2H3,(H,17,18). The van der Waals surface area contributed by atoms with Gasteiger partial charge < -0.3 is 14.3 Å². The second-order valence-corrected chi connectivity index (χ2v) is 4.44. The van der Waals surface area contributed by atoms with E-state index >= 15 is 0 Å². The van der Waals surface area contributed by atoms with Crippen LogP contribution >= 0.6 is 0 Å². The minimum atomic E-state index is -0.943. The molecule has 106 valence electrons. The zero-order chi connectivity index (χ0) is 14.5. The maximum Gasteiger partial charge on any atom is 0.325 e. The van der Waals surface area contributed by atoms with Crippen LogP contribution in [0.25, 0.3) is 0 Å². The SMILES string of the molecule is COc1cccc(C(NCc2ccc(C)o2)C(=O)O)c1. The van der Waals surface area contributed by atoms with Gasteiger partial charge in [-0.05, 0) is 36.8 Å². The maximum atomic E-state index is 11.4. The molecule has 2 N–H and O–H groups in total. The predicted molar refractivity (Wildman–Crippen MR) is 73.7 cm³/mol. The first-order valence-corrected chi connectivity index (χ1v) is 6.25. The van der Waals surface area contributed by atoms with Crippen LogP contribution in [0.4, 0.5) is 0 Å². The highest BCUT2D eigenvalue weighted by Gasteiger charge is 2.20. The van der Waals surface area contributed by atoms with E-state index in [-0.39, 0.29) is 0 Å². The molecule has 1 aromatic carbocycles. The smallest absolute Gasteiger partial charge is 0.325 e. The Morgan fingerprint density at radius 2 is 2.20 bits per heavy atom. The normalized spacial score (nSPS) is 12.1. The fourth-order valence-electron chi connectivity index (χ4n) is 1.95. The van der Waals surface area contributed by atoms with Crippen LogP contribution in [0.5, 0.6) is 5.75 Å². The monoisotopic (exact) mass is 275 g/mol. The van der Waals surface area contributed by atoms with Gasteiger partial charge in [-0.3, -0.25) is 10.1 Å². The highest BCUT2D eigenvalue weighted by molar-refractivity contribution is 5.75. The van der Waals surface area contributed by atoms with Crippen molar-refractivity contribution in [2.75, 3.05) is 7.11 Å². The Balaban J connectivity index is 2.12. The number of ether oxygens (including phenoxy) is 1. The Hall–Kier alpha value is -2.27. The molecule has 0 aliphatic carbocycles. The van der Waals surface area contributed by atoms with Crippen LogP contribution in [-0.4, -0.2) is 18.2 Å². The van der Waals surface area contributed by atoms with Gasteiger partial charge in [0.05, 0.1) is 13.7 Å². The number of furan rings is 1. The van der Waals surface area contributed by atoms with Crippen LogP contribution in [-0.2, 0) is 11.3 Å². The van der Waals surface area contributed by atoms with Crippen molar-refractivity contribution >= 4 is 5.97 Å². The number of nitrogens with one attached hydrogen (secondary N) is 1. The van der Waals surface area contributed by atoms with E-state index in [9.17, 15) is 9.90 Å². The Bertz CT molecular complexity index is 591. The van der Waals surface area contributed by atoms with Gasteiger partial charge in [-0.2, -0.15) is 0 Å². The Kier molecular flexibility index (Phi) is 4.42. The average Bonchev–Trinajstić information content (AvgIpc) is 2.84. The first-order chi connectivity index (χ1) is 9.60. The van der Waals surface area contributed by atoms with Crippen molar-refractivity contribution in [3.8, 4) is 5.75 Å². The quantitative estimate of drug-likeness (QED) is 0.847. The fourth-order valence-corrected chi connectivity index (χ4v) is 1.95. The number of hydrogen-bond donors (Lipinski definition) is 2. The summed E-state index contributed by atoms with van der Waals surface area (Å²) in [5.74, 6) is 1.19. The summed E-state index contributed by atoms with van der Waals surface area (Å²) in [6.07, 6.45) is 0. The maximum absolute atomic E-state index is 11.4. The van der Waals surface area contributed by atoms with Crippen LogP contribution in [0.3, 0.4) is 0 Å². The first kappa shape index (κ1) is 14.1. The second-order valence-electron chi connectivity index (χ2n) is 4.44. The van der Waals surface area contributed by atoms with Gasteiger partial charge in [0.15, 0.2) is 0 Å². The molecule has 0 aliphatic heterocycles. The molecular weight excluding hydrogens is 258 g/mol. The summed E-state index contributed by atoms with van der Waals surface area (Å²) in [6, 6.07) is 9.86. The van der Waals surface area contributed by atoms with Crippen molar-refractivity contribution < 1.29 is 19.1 Å². The minimum absolute atomic E-state index is 0.349. The number of carbonyl (C=O) groups is 1. The molecule has 0 radical (unpaired) electrons. The number of aryl methyl sites for hydroxylation is 1. The molecule has 0 saturated heterocycles. The minimum Gasteiger partial charge on any atom is -0.497 e. The van der Waals surface area contributed by atoms with Crippen molar-refractivity contribution in [2.45, 2.75) is 19.5 Å². The Morgan fingerprint density at radius 3 is 2.80 bits per heavy atom. The van der Waals surface area contributed by atoms with Crippen LogP contribution in [0.1, 0.15) is 23.1 Å². The number of aliphatic carboxylic acids is 1. The van der Waals surface area contributed by atoms with E-state index in [4.69, 9.17) is 9.15 Å². The third-order valence-corrected chi connectivity index (χ3v) is 2.95. The summed E-state index contributed by atoms with van der Waals surface area (Å²) in [7, 11) is 1.55. The molecular formula is C15H17NO4. The lowest BCUT2D eigenvalue weighted by atomic mass is 10.1. The molecule has 2 rings (SSSR count). The van der Waals surface area contributed by atoms with Gasteiger partial charge >= 0.3 is 5.97 Å². The first-order valence-electron chi connectivity index (χ1n) is 6.25. The van der Waals surface area contributed by atoms with Crippen molar-refractivity contribution in [3.63, 3.8) is 0 Å². The second kappa shape index (κ2) is 6.25. The summed E-state index contributed by atoms with van der Waals surface area (Å²) in [4.78, 5) is 11.4. The van der Waals surface area contributed by atoms with E-state index in [0.29, 0.717) is 23.6 Å². The van der Waals surface area contributed by atoms with Crippen molar-refractivity contribution in [1.82, 2.24) is 5.32 Å². The molecule has 5 heteroatoms. The van der Waals surface area contributed by atoms with Gasteiger partial charge in [-0.25, -0.2) is 0 Å². The molecule has 0 spiro atoms. The summed E-state index contributed by atoms with van der Waals surface area (Å²) in [5, 5.41) is 12.3. The van der Waals surface area contributed by atoms with E-state index in [0.717, 1.165) is 5.76 Å². The summed E-state index contributed by atoms with van der Waals surface area (Å²) in [6.45, 7) is 2.20. The Morgan fingerprint density at radius 1 is 1.40 bits per heavy atom. The predicted octanol–water partition coefficient (Wildman–Crippen LogP) is 2.51. The molecule has 0 aliphatic rings. The largest absolute Gasteiger partial charge is 0.497 e. The molecule has 1 aromatic heterocycles. The van der Waals surface area contributed by atoms with Gasteiger partial charge in [0, 0.05) is 0 Å². The number of methoxy groups -OCH3 is 1. The molecule has 5 nitrogen and oxygen atoms in total. The van der Waals surface area contributed by atoms with Crippen LogP contribution in [0.2, 0.25) is 0 Å². The van der Waals surface area contributed by atoms with Crippen molar-refractivity contribution in [2.24, 2.45) is 0 Å². The van der Waals surface area contributed by atoms with E-state index in [2.05, 4.69) is 5.32 Å². The molecule has 0 saturated carbocycles. The Labute approximate surface area is 117 Å². The molecule has 0 bridgehead atoms. The number of hydrogen-bond acceptors (Lipinski definition) is 4. The number of rotatable bonds is 6. The lowest BCUT2D eigenvalue weighted by molar-refractivity contribution is -0.139. The number of benzene rings is 1. The van der Waals surface area contributed by atoms with Gasteiger partial charge in [0.25, 0.3) is 0 Å². The highest BCUT2D eigenvalue weighted by Crippen LogP contribution is 2.20. The highest BCUT2D eigenvalue weighted by atomic mass is 16.5.